The Hall–Kier alpha value is -0.940. The molecular weight excluding hydrogens is 220 g/mol. The van der Waals surface area contributed by atoms with Crippen LogP contribution < -0.4 is 11.1 Å². The van der Waals surface area contributed by atoms with Crippen molar-refractivity contribution < 1.29 is 14.7 Å². The summed E-state index contributed by atoms with van der Waals surface area (Å²) >= 11 is 0. The van der Waals surface area contributed by atoms with Gasteiger partial charge < -0.3 is 15.6 Å². The largest absolute Gasteiger partial charge is 0.480 e. The van der Waals surface area contributed by atoms with Crippen LogP contribution in [0.3, 0.4) is 0 Å². The summed E-state index contributed by atoms with van der Waals surface area (Å²) in [5.41, 5.74) is 5.38. The number of hydrogen-bond acceptors (Lipinski definition) is 4. The van der Waals surface area contributed by atoms with Gasteiger partial charge in [-0.05, 0) is 26.3 Å². The second-order valence-corrected chi connectivity index (χ2v) is 4.33. The lowest BCUT2D eigenvalue weighted by atomic mass is 10.1. The fourth-order valence-corrected chi connectivity index (χ4v) is 1.66. The quantitative estimate of drug-likeness (QED) is 0.371. The predicted molar refractivity (Wildman–Crippen MR) is 66.8 cm³/mol. The van der Waals surface area contributed by atoms with Crippen LogP contribution >= 0.6 is 0 Å². The van der Waals surface area contributed by atoms with Crippen molar-refractivity contribution in [2.45, 2.75) is 57.5 Å². The van der Waals surface area contributed by atoms with Gasteiger partial charge in [-0.1, -0.05) is 25.7 Å². The van der Waals surface area contributed by atoms with Crippen LogP contribution in [0.15, 0.2) is 0 Å². The molecule has 0 rings (SSSR count). The van der Waals surface area contributed by atoms with Crippen LogP contribution in [0, 0.1) is 0 Å². The number of nitrogens with two attached hydrogens (primary N) is 1. The van der Waals surface area contributed by atoms with Crippen molar-refractivity contribution in [3.05, 3.63) is 0 Å². The van der Waals surface area contributed by atoms with Gasteiger partial charge in [-0.2, -0.15) is 0 Å². The molecule has 0 radical (unpaired) electrons. The van der Waals surface area contributed by atoms with Gasteiger partial charge in [0.25, 0.3) is 0 Å². The molecule has 17 heavy (non-hydrogen) atoms. The summed E-state index contributed by atoms with van der Waals surface area (Å²) in [6, 6.07) is -1.03. The Labute approximate surface area is 103 Å². The van der Waals surface area contributed by atoms with E-state index in [9.17, 15) is 9.59 Å². The van der Waals surface area contributed by atoms with Crippen LogP contribution in [0.25, 0.3) is 0 Å². The van der Waals surface area contributed by atoms with Gasteiger partial charge in [-0.25, -0.2) is 0 Å². The van der Waals surface area contributed by atoms with E-state index in [-0.39, 0.29) is 0 Å². The summed E-state index contributed by atoms with van der Waals surface area (Å²) in [5.74, 6) is -0.888. The molecular formula is C12H24N2O3. The van der Waals surface area contributed by atoms with Crippen molar-refractivity contribution in [2.24, 2.45) is 5.73 Å². The minimum Gasteiger partial charge on any atom is -0.480 e. The normalized spacial score (nSPS) is 14.2. The van der Waals surface area contributed by atoms with Crippen LogP contribution in [0.4, 0.5) is 0 Å². The van der Waals surface area contributed by atoms with Crippen LogP contribution in [0.5, 0.6) is 0 Å². The molecule has 0 bridgehead atoms. The molecule has 0 amide bonds. The van der Waals surface area contributed by atoms with Crippen LogP contribution in [0.1, 0.15) is 45.4 Å². The Balaban J connectivity index is 3.70. The van der Waals surface area contributed by atoms with Crippen molar-refractivity contribution in [3.8, 4) is 0 Å². The molecule has 0 aliphatic heterocycles. The van der Waals surface area contributed by atoms with Gasteiger partial charge in [-0.3, -0.25) is 10.1 Å². The summed E-state index contributed by atoms with van der Waals surface area (Å²) in [6.07, 6.45) is 6.39. The van der Waals surface area contributed by atoms with Gasteiger partial charge in [0.1, 0.15) is 12.3 Å². The van der Waals surface area contributed by atoms with E-state index in [2.05, 4.69) is 5.32 Å². The zero-order chi connectivity index (χ0) is 13.1. The highest BCUT2D eigenvalue weighted by atomic mass is 16.4. The first kappa shape index (κ1) is 16.1. The van der Waals surface area contributed by atoms with E-state index in [1.54, 1.807) is 6.92 Å². The van der Waals surface area contributed by atoms with E-state index in [1.807, 2.05) is 0 Å². The number of carbonyl (C=O) groups excluding carboxylic acids is 1. The first-order valence-electron chi connectivity index (χ1n) is 6.26. The lowest BCUT2D eigenvalue weighted by Gasteiger charge is -2.16. The highest BCUT2D eigenvalue weighted by Crippen LogP contribution is 2.07. The summed E-state index contributed by atoms with van der Waals surface area (Å²) in [7, 11) is 0. The monoisotopic (exact) mass is 244 g/mol. The highest BCUT2D eigenvalue weighted by Gasteiger charge is 2.18. The first-order valence-corrected chi connectivity index (χ1v) is 6.26. The van der Waals surface area contributed by atoms with Crippen LogP contribution in [-0.2, 0) is 9.59 Å². The third-order valence-corrected chi connectivity index (χ3v) is 2.66. The molecule has 0 heterocycles. The number of aliphatic carboxylic acids is 1. The number of rotatable bonds is 11. The van der Waals surface area contributed by atoms with E-state index in [0.717, 1.165) is 44.9 Å². The van der Waals surface area contributed by atoms with Gasteiger partial charge in [0, 0.05) is 0 Å². The Morgan fingerprint density at radius 2 is 1.88 bits per heavy atom. The van der Waals surface area contributed by atoms with E-state index < -0.39 is 18.1 Å². The number of carbonyl (C=O) groups is 2. The Morgan fingerprint density at radius 1 is 1.29 bits per heavy atom. The lowest BCUT2D eigenvalue weighted by Crippen LogP contribution is -2.42. The highest BCUT2D eigenvalue weighted by molar-refractivity contribution is 5.74. The molecule has 1 unspecified atom stereocenters. The minimum absolute atomic E-state index is 0.409. The lowest BCUT2D eigenvalue weighted by molar-refractivity contribution is -0.139. The number of hydrogen-bond donors (Lipinski definition) is 3. The molecule has 0 fully saturated rings. The van der Waals surface area contributed by atoms with Gasteiger partial charge >= 0.3 is 5.97 Å². The van der Waals surface area contributed by atoms with E-state index in [0.29, 0.717) is 6.42 Å². The maximum atomic E-state index is 10.9. The summed E-state index contributed by atoms with van der Waals surface area (Å²) in [6.45, 7) is 2.38. The number of nitrogens with one attached hydrogen (secondary N) is 1. The second kappa shape index (κ2) is 10.2. The van der Waals surface area contributed by atoms with Gasteiger partial charge in [0.15, 0.2) is 0 Å². The number of carboxylic acid groups (broad SMARTS) is 1. The fourth-order valence-electron chi connectivity index (χ4n) is 1.66. The molecule has 0 aromatic carbocycles. The zero-order valence-electron chi connectivity index (χ0n) is 10.5. The SMILES string of the molecule is C[C@@H](C=O)NC(CCCCCCCN)C(=O)O. The Morgan fingerprint density at radius 3 is 2.41 bits per heavy atom. The zero-order valence-corrected chi connectivity index (χ0v) is 10.5. The Kier molecular flexibility index (Phi) is 9.66. The number of carboxylic acids is 1. The third kappa shape index (κ3) is 8.83. The molecule has 5 heteroatoms. The average molecular weight is 244 g/mol. The molecule has 2 atom stereocenters. The Bertz CT molecular complexity index is 222. The molecule has 0 saturated heterocycles. The summed E-state index contributed by atoms with van der Waals surface area (Å²) in [4.78, 5) is 21.4. The van der Waals surface area contributed by atoms with Crippen molar-refractivity contribution in [1.29, 1.82) is 0 Å². The smallest absolute Gasteiger partial charge is 0.320 e. The molecule has 0 aliphatic carbocycles. The third-order valence-electron chi connectivity index (χ3n) is 2.66. The van der Waals surface area contributed by atoms with E-state index >= 15 is 0 Å². The average Bonchev–Trinajstić information content (AvgIpc) is 2.31. The van der Waals surface area contributed by atoms with Crippen molar-refractivity contribution in [2.75, 3.05) is 6.54 Å². The maximum absolute atomic E-state index is 10.9. The number of aldehydes is 1. The summed E-state index contributed by atoms with van der Waals surface area (Å²) in [5, 5.41) is 11.7. The van der Waals surface area contributed by atoms with E-state index in [1.165, 1.54) is 0 Å². The molecule has 4 N–H and O–H groups in total. The molecule has 0 spiro atoms. The van der Waals surface area contributed by atoms with Crippen molar-refractivity contribution >= 4 is 12.3 Å². The van der Waals surface area contributed by atoms with Gasteiger partial charge in [0.2, 0.25) is 0 Å². The topological polar surface area (TPSA) is 92.4 Å². The van der Waals surface area contributed by atoms with E-state index in [4.69, 9.17) is 10.8 Å². The fraction of sp³-hybridized carbons (Fsp3) is 0.833. The molecule has 0 aromatic heterocycles. The molecule has 0 aliphatic rings. The minimum atomic E-state index is -0.888. The molecule has 0 saturated carbocycles. The maximum Gasteiger partial charge on any atom is 0.320 e. The predicted octanol–water partition coefficient (Wildman–Crippen LogP) is 0.916. The molecule has 5 nitrogen and oxygen atoms in total. The van der Waals surface area contributed by atoms with Crippen molar-refractivity contribution in [3.63, 3.8) is 0 Å². The number of unbranched alkanes of at least 4 members (excludes halogenated alkanes) is 4. The molecule has 0 aromatic rings. The van der Waals surface area contributed by atoms with Crippen LogP contribution in [-0.4, -0.2) is 36.0 Å². The first-order chi connectivity index (χ1) is 8.11. The summed E-state index contributed by atoms with van der Waals surface area (Å²) < 4.78 is 0. The van der Waals surface area contributed by atoms with Gasteiger partial charge in [0.05, 0.1) is 6.04 Å². The second-order valence-electron chi connectivity index (χ2n) is 4.33. The molecule has 100 valence electrons. The van der Waals surface area contributed by atoms with Gasteiger partial charge in [-0.15, -0.1) is 0 Å². The van der Waals surface area contributed by atoms with Crippen molar-refractivity contribution in [1.82, 2.24) is 5.32 Å². The standard InChI is InChI=1S/C12H24N2O3/c1-10(9-15)14-11(12(16)17)7-5-3-2-4-6-8-13/h9-11,14H,2-8,13H2,1H3,(H,16,17)/t10-,11?/m0/s1. The van der Waals surface area contributed by atoms with Crippen LogP contribution in [0.2, 0.25) is 0 Å².